The third-order valence-corrected chi connectivity index (χ3v) is 3.54. The number of nitrogens with zero attached hydrogens (tertiary/aromatic N) is 1. The van der Waals surface area contributed by atoms with Crippen LogP contribution < -0.4 is 18.9 Å². The Morgan fingerprint density at radius 3 is 2.19 bits per heavy atom. The van der Waals surface area contributed by atoms with E-state index in [1.165, 1.54) is 13.2 Å². The predicted molar refractivity (Wildman–Crippen MR) is 98.2 cm³/mol. The molecule has 0 atom stereocenters. The molecule has 0 aliphatic heterocycles. The molecule has 0 radical (unpaired) electrons. The SMILES string of the molecule is COc1ccc(OCCOc2cc(OC)ccc2C=C(C#N)C(=O)O)cc1. The summed E-state index contributed by atoms with van der Waals surface area (Å²) < 4.78 is 21.5. The Hall–Kier alpha value is -3.66. The number of nitriles is 1. The molecule has 7 nitrogen and oxygen atoms in total. The van der Waals surface area contributed by atoms with E-state index in [1.807, 2.05) is 0 Å². The summed E-state index contributed by atoms with van der Waals surface area (Å²) in [5, 5.41) is 18.0. The van der Waals surface area contributed by atoms with Crippen LogP contribution in [0.25, 0.3) is 6.08 Å². The summed E-state index contributed by atoms with van der Waals surface area (Å²) in [6.07, 6.45) is 1.25. The van der Waals surface area contributed by atoms with Gasteiger partial charge in [0.25, 0.3) is 0 Å². The first kappa shape index (κ1) is 19.7. The Kier molecular flexibility index (Phi) is 7.08. The fourth-order valence-electron chi connectivity index (χ4n) is 2.17. The highest BCUT2D eigenvalue weighted by molar-refractivity contribution is 5.96. The number of hydrogen-bond donors (Lipinski definition) is 1. The fourth-order valence-corrected chi connectivity index (χ4v) is 2.17. The molecule has 0 aliphatic rings. The summed E-state index contributed by atoms with van der Waals surface area (Å²) in [5.41, 5.74) is 0.0682. The molecule has 2 rings (SSSR count). The van der Waals surface area contributed by atoms with Crippen molar-refractivity contribution in [3.63, 3.8) is 0 Å². The van der Waals surface area contributed by atoms with Crippen LogP contribution in [0.5, 0.6) is 23.0 Å². The van der Waals surface area contributed by atoms with Crippen molar-refractivity contribution in [1.29, 1.82) is 5.26 Å². The van der Waals surface area contributed by atoms with Crippen molar-refractivity contribution < 1.29 is 28.8 Å². The third kappa shape index (κ3) is 5.68. The fraction of sp³-hybridized carbons (Fsp3) is 0.200. The van der Waals surface area contributed by atoms with Gasteiger partial charge in [-0.3, -0.25) is 0 Å². The van der Waals surface area contributed by atoms with Gasteiger partial charge >= 0.3 is 5.97 Å². The maximum atomic E-state index is 11.0. The molecule has 2 aromatic rings. The number of methoxy groups -OCH3 is 2. The second-order valence-corrected chi connectivity index (χ2v) is 5.25. The molecular weight excluding hydrogens is 350 g/mol. The van der Waals surface area contributed by atoms with Gasteiger partial charge in [0.1, 0.15) is 47.9 Å². The van der Waals surface area contributed by atoms with E-state index in [1.54, 1.807) is 55.6 Å². The van der Waals surface area contributed by atoms with E-state index in [9.17, 15) is 4.79 Å². The minimum atomic E-state index is -1.30. The van der Waals surface area contributed by atoms with E-state index in [4.69, 9.17) is 29.3 Å². The average molecular weight is 369 g/mol. The van der Waals surface area contributed by atoms with Crippen LogP contribution in [0.3, 0.4) is 0 Å². The maximum Gasteiger partial charge on any atom is 0.346 e. The van der Waals surface area contributed by atoms with E-state index < -0.39 is 5.97 Å². The number of carboxylic acid groups (broad SMARTS) is 1. The van der Waals surface area contributed by atoms with Crippen molar-refractivity contribution >= 4 is 12.0 Å². The van der Waals surface area contributed by atoms with E-state index in [2.05, 4.69) is 0 Å². The lowest BCUT2D eigenvalue weighted by atomic mass is 10.1. The van der Waals surface area contributed by atoms with Crippen molar-refractivity contribution in [2.75, 3.05) is 27.4 Å². The summed E-state index contributed by atoms with van der Waals surface area (Å²) in [5.74, 6) is 1.04. The highest BCUT2D eigenvalue weighted by atomic mass is 16.5. The molecule has 7 heteroatoms. The number of hydrogen-bond acceptors (Lipinski definition) is 6. The summed E-state index contributed by atoms with van der Waals surface area (Å²) >= 11 is 0. The van der Waals surface area contributed by atoms with Crippen molar-refractivity contribution in [2.24, 2.45) is 0 Å². The molecule has 0 aromatic heterocycles. The Morgan fingerprint density at radius 1 is 1.00 bits per heavy atom. The maximum absolute atomic E-state index is 11.0. The molecule has 0 saturated carbocycles. The van der Waals surface area contributed by atoms with Crippen molar-refractivity contribution in [3.8, 4) is 29.1 Å². The van der Waals surface area contributed by atoms with Crippen LogP contribution in [0.4, 0.5) is 0 Å². The van der Waals surface area contributed by atoms with Gasteiger partial charge in [-0.25, -0.2) is 4.79 Å². The molecule has 0 fully saturated rings. The lowest BCUT2D eigenvalue weighted by Crippen LogP contribution is -2.10. The summed E-state index contributed by atoms with van der Waals surface area (Å²) in [7, 11) is 3.10. The van der Waals surface area contributed by atoms with Crippen LogP contribution in [0.15, 0.2) is 48.0 Å². The topological polar surface area (TPSA) is 98.0 Å². The Labute approximate surface area is 157 Å². The standard InChI is InChI=1S/C20H19NO6/c1-24-16-5-7-17(8-6-16)26-9-10-27-19-12-18(25-2)4-3-14(19)11-15(13-21)20(22)23/h3-8,11-12H,9-10H2,1-2H3,(H,22,23). The lowest BCUT2D eigenvalue weighted by molar-refractivity contribution is -0.132. The summed E-state index contributed by atoms with van der Waals surface area (Å²) in [4.78, 5) is 11.0. The van der Waals surface area contributed by atoms with Gasteiger partial charge in [-0.05, 0) is 42.5 Å². The number of ether oxygens (including phenoxy) is 4. The molecule has 140 valence electrons. The van der Waals surface area contributed by atoms with Crippen LogP contribution >= 0.6 is 0 Å². The van der Waals surface area contributed by atoms with Gasteiger partial charge < -0.3 is 24.1 Å². The van der Waals surface area contributed by atoms with E-state index in [0.29, 0.717) is 22.8 Å². The minimum Gasteiger partial charge on any atom is -0.497 e. The largest absolute Gasteiger partial charge is 0.497 e. The molecule has 0 unspecified atom stereocenters. The van der Waals surface area contributed by atoms with Crippen LogP contribution in [0, 0.1) is 11.3 Å². The van der Waals surface area contributed by atoms with Crippen LogP contribution in [-0.4, -0.2) is 38.5 Å². The van der Waals surface area contributed by atoms with E-state index in [-0.39, 0.29) is 18.8 Å². The zero-order chi connectivity index (χ0) is 19.6. The first-order chi connectivity index (χ1) is 13.1. The van der Waals surface area contributed by atoms with Gasteiger partial charge in [0.2, 0.25) is 0 Å². The average Bonchev–Trinajstić information content (AvgIpc) is 2.70. The second kappa shape index (κ2) is 9.73. The zero-order valence-corrected chi connectivity index (χ0v) is 15.0. The molecule has 27 heavy (non-hydrogen) atoms. The van der Waals surface area contributed by atoms with Crippen LogP contribution in [-0.2, 0) is 4.79 Å². The highest BCUT2D eigenvalue weighted by Crippen LogP contribution is 2.27. The van der Waals surface area contributed by atoms with Gasteiger partial charge in [0, 0.05) is 11.6 Å². The van der Waals surface area contributed by atoms with Gasteiger partial charge in [0.15, 0.2) is 0 Å². The lowest BCUT2D eigenvalue weighted by Gasteiger charge is -2.12. The zero-order valence-electron chi connectivity index (χ0n) is 15.0. The molecule has 0 bridgehead atoms. The molecular formula is C20H19NO6. The molecule has 0 saturated heterocycles. The monoisotopic (exact) mass is 369 g/mol. The second-order valence-electron chi connectivity index (χ2n) is 5.25. The Morgan fingerprint density at radius 2 is 1.59 bits per heavy atom. The minimum absolute atomic E-state index is 0.217. The van der Waals surface area contributed by atoms with E-state index >= 15 is 0 Å². The molecule has 0 amide bonds. The van der Waals surface area contributed by atoms with Crippen molar-refractivity contribution in [1.82, 2.24) is 0 Å². The van der Waals surface area contributed by atoms with E-state index in [0.717, 1.165) is 5.75 Å². The van der Waals surface area contributed by atoms with Gasteiger partial charge in [-0.1, -0.05) is 0 Å². The predicted octanol–water partition coefficient (Wildman–Crippen LogP) is 3.15. The number of benzene rings is 2. The Bertz CT molecular complexity index is 852. The number of carbonyl (C=O) groups is 1. The third-order valence-electron chi connectivity index (χ3n) is 3.54. The summed E-state index contributed by atoms with van der Waals surface area (Å²) in [6.45, 7) is 0.492. The van der Waals surface area contributed by atoms with Crippen molar-refractivity contribution in [3.05, 3.63) is 53.6 Å². The number of aliphatic carboxylic acids is 1. The quantitative estimate of drug-likeness (QED) is 0.412. The molecule has 2 aromatic carbocycles. The normalized spacial score (nSPS) is 10.6. The Balaban J connectivity index is 2.05. The smallest absolute Gasteiger partial charge is 0.346 e. The molecule has 0 heterocycles. The van der Waals surface area contributed by atoms with Crippen LogP contribution in [0.2, 0.25) is 0 Å². The highest BCUT2D eigenvalue weighted by Gasteiger charge is 2.10. The first-order valence-electron chi connectivity index (χ1n) is 8.00. The molecule has 0 aliphatic carbocycles. The van der Waals surface area contributed by atoms with Crippen LogP contribution in [0.1, 0.15) is 5.56 Å². The van der Waals surface area contributed by atoms with Gasteiger partial charge in [-0.15, -0.1) is 0 Å². The molecule has 1 N–H and O–H groups in total. The number of rotatable bonds is 9. The van der Waals surface area contributed by atoms with Gasteiger partial charge in [-0.2, -0.15) is 5.26 Å². The summed E-state index contributed by atoms with van der Waals surface area (Å²) in [6, 6.07) is 13.7. The first-order valence-corrected chi connectivity index (χ1v) is 8.00. The van der Waals surface area contributed by atoms with Crippen molar-refractivity contribution in [2.45, 2.75) is 0 Å². The number of carboxylic acids is 1. The molecule has 0 spiro atoms. The van der Waals surface area contributed by atoms with Gasteiger partial charge in [0.05, 0.1) is 14.2 Å².